The van der Waals surface area contributed by atoms with E-state index in [1.807, 2.05) is 37.2 Å². The van der Waals surface area contributed by atoms with E-state index in [1.165, 1.54) is 31.2 Å². The molecule has 2 N–H and O–H groups in total. The maximum atomic E-state index is 14.3. The summed E-state index contributed by atoms with van der Waals surface area (Å²) in [6.45, 7) is 0.769. The standard InChI is InChI=1S/C32H31ClN8O4/c1-40(2)12-6-9-28(42)37-22-8-5-7-20(13-22)18-41-30-21(17-35-32(39-30)38-27-10-11-34-19-36-27)14-25(31(41)43)24-15-23(44-3)16-26(45-4)29(24)33/h5-11,13-17,19H,12,18H2,1-4H3,(H,37,42)(H,34,35,36,38,39)/b9-6+. The fourth-order valence-corrected chi connectivity index (χ4v) is 4.85. The van der Waals surface area contributed by atoms with Crippen LogP contribution in [0, 0.1) is 0 Å². The predicted molar refractivity (Wildman–Crippen MR) is 175 cm³/mol. The first-order valence-electron chi connectivity index (χ1n) is 13.8. The van der Waals surface area contributed by atoms with Crippen LogP contribution in [0.5, 0.6) is 11.5 Å². The Balaban J connectivity index is 1.60. The number of methoxy groups -OCH3 is 2. The van der Waals surface area contributed by atoms with Gasteiger partial charge >= 0.3 is 0 Å². The zero-order chi connectivity index (χ0) is 31.9. The number of amides is 1. The average Bonchev–Trinajstić information content (AvgIpc) is 3.03. The number of aromatic nitrogens is 5. The number of fused-ring (bicyclic) bond motifs is 1. The molecular weight excluding hydrogens is 596 g/mol. The van der Waals surface area contributed by atoms with Crippen molar-refractivity contribution in [3.05, 3.63) is 100 Å². The molecule has 0 unspecified atom stereocenters. The van der Waals surface area contributed by atoms with Crippen LogP contribution in [0.2, 0.25) is 5.02 Å². The number of carbonyl (C=O) groups excluding carboxylic acids is 1. The number of nitrogens with one attached hydrogen (secondary N) is 2. The highest BCUT2D eigenvalue weighted by Crippen LogP contribution is 2.38. The number of anilines is 3. The van der Waals surface area contributed by atoms with E-state index in [9.17, 15) is 9.59 Å². The van der Waals surface area contributed by atoms with Gasteiger partial charge in [0.15, 0.2) is 0 Å². The lowest BCUT2D eigenvalue weighted by atomic mass is 10.0. The number of benzene rings is 2. The first-order valence-corrected chi connectivity index (χ1v) is 14.2. The molecule has 5 aromatic rings. The van der Waals surface area contributed by atoms with Gasteiger partial charge in [0, 0.05) is 53.3 Å². The number of pyridine rings is 1. The highest BCUT2D eigenvalue weighted by atomic mass is 35.5. The molecule has 2 aromatic carbocycles. The van der Waals surface area contributed by atoms with Crippen LogP contribution in [0.3, 0.4) is 0 Å². The molecular formula is C32H31ClN8O4. The summed E-state index contributed by atoms with van der Waals surface area (Å²) in [4.78, 5) is 45.9. The van der Waals surface area contributed by atoms with Crippen LogP contribution in [0.25, 0.3) is 22.2 Å². The summed E-state index contributed by atoms with van der Waals surface area (Å²) < 4.78 is 12.4. The van der Waals surface area contributed by atoms with Crippen molar-refractivity contribution in [3.8, 4) is 22.6 Å². The van der Waals surface area contributed by atoms with Crippen molar-refractivity contribution in [1.82, 2.24) is 29.4 Å². The van der Waals surface area contributed by atoms with E-state index in [0.29, 0.717) is 51.7 Å². The number of likely N-dealkylation sites (N-methyl/N-ethyl adjacent to an activating group) is 1. The molecule has 0 radical (unpaired) electrons. The molecule has 0 bridgehead atoms. The largest absolute Gasteiger partial charge is 0.497 e. The second-order valence-electron chi connectivity index (χ2n) is 10.2. The third-order valence-electron chi connectivity index (χ3n) is 6.68. The quantitative estimate of drug-likeness (QED) is 0.197. The van der Waals surface area contributed by atoms with Crippen molar-refractivity contribution in [2.24, 2.45) is 0 Å². The number of hydrogen-bond acceptors (Lipinski definition) is 10. The lowest BCUT2D eigenvalue weighted by Crippen LogP contribution is -2.24. The third-order valence-corrected chi connectivity index (χ3v) is 7.07. The lowest BCUT2D eigenvalue weighted by molar-refractivity contribution is -0.111. The summed E-state index contributed by atoms with van der Waals surface area (Å²) in [7, 11) is 6.86. The molecule has 3 heterocycles. The Kier molecular flexibility index (Phi) is 9.66. The molecule has 0 aliphatic rings. The van der Waals surface area contributed by atoms with Gasteiger partial charge < -0.3 is 25.0 Å². The Morgan fingerprint density at radius 3 is 2.64 bits per heavy atom. The zero-order valence-corrected chi connectivity index (χ0v) is 25.9. The van der Waals surface area contributed by atoms with Crippen LogP contribution in [-0.4, -0.2) is 70.2 Å². The molecule has 5 rings (SSSR count). The molecule has 3 aromatic heterocycles. The number of hydrogen-bond donors (Lipinski definition) is 2. The fraction of sp³-hybridized carbons (Fsp3) is 0.188. The number of carbonyl (C=O) groups is 1. The fourth-order valence-electron chi connectivity index (χ4n) is 4.56. The normalized spacial score (nSPS) is 11.2. The molecule has 0 atom stereocenters. The monoisotopic (exact) mass is 626 g/mol. The van der Waals surface area contributed by atoms with Crippen LogP contribution < -0.4 is 25.7 Å². The summed E-state index contributed by atoms with van der Waals surface area (Å²) >= 11 is 6.72. The van der Waals surface area contributed by atoms with E-state index in [-0.39, 0.29) is 29.0 Å². The van der Waals surface area contributed by atoms with Gasteiger partial charge in [-0.15, -0.1) is 0 Å². The molecule has 1 amide bonds. The highest BCUT2D eigenvalue weighted by molar-refractivity contribution is 6.35. The van der Waals surface area contributed by atoms with Gasteiger partial charge in [-0.1, -0.05) is 29.8 Å². The van der Waals surface area contributed by atoms with Crippen LogP contribution >= 0.6 is 11.6 Å². The lowest BCUT2D eigenvalue weighted by Gasteiger charge is -2.16. The molecule has 0 fully saturated rings. The minimum atomic E-state index is -0.354. The Bertz CT molecular complexity index is 1930. The average molecular weight is 627 g/mol. The van der Waals surface area contributed by atoms with Crippen molar-refractivity contribution >= 4 is 46.0 Å². The van der Waals surface area contributed by atoms with E-state index in [2.05, 4.69) is 30.6 Å². The molecule has 13 heteroatoms. The van der Waals surface area contributed by atoms with E-state index in [4.69, 9.17) is 21.1 Å². The van der Waals surface area contributed by atoms with E-state index in [0.717, 1.165) is 5.56 Å². The molecule has 0 saturated heterocycles. The van der Waals surface area contributed by atoms with Crippen LogP contribution in [0.1, 0.15) is 5.56 Å². The zero-order valence-electron chi connectivity index (χ0n) is 25.1. The third kappa shape index (κ3) is 7.43. The Morgan fingerprint density at radius 2 is 1.91 bits per heavy atom. The number of nitrogens with zero attached hydrogens (tertiary/aromatic N) is 6. The van der Waals surface area contributed by atoms with Gasteiger partial charge in [-0.2, -0.15) is 4.98 Å². The van der Waals surface area contributed by atoms with Gasteiger partial charge in [0.1, 0.15) is 29.3 Å². The number of halogens is 1. The van der Waals surface area contributed by atoms with Crippen LogP contribution in [0.4, 0.5) is 17.5 Å². The summed E-state index contributed by atoms with van der Waals surface area (Å²) in [5.74, 6) is 1.32. The minimum Gasteiger partial charge on any atom is -0.497 e. The van der Waals surface area contributed by atoms with Crippen molar-refractivity contribution in [2.45, 2.75) is 6.54 Å². The highest BCUT2D eigenvalue weighted by Gasteiger charge is 2.19. The van der Waals surface area contributed by atoms with Gasteiger partial charge in [0.2, 0.25) is 11.9 Å². The van der Waals surface area contributed by atoms with Gasteiger partial charge in [0.05, 0.1) is 25.8 Å². The SMILES string of the molecule is COc1cc(OC)c(Cl)c(-c2cc3cnc(Nc4ccncn4)nc3n(Cc3cccc(NC(=O)/C=C/CN(C)C)c3)c2=O)c1. The number of ether oxygens (including phenoxy) is 2. The summed E-state index contributed by atoms with van der Waals surface area (Å²) in [5.41, 5.74) is 2.10. The maximum Gasteiger partial charge on any atom is 0.260 e. The van der Waals surface area contributed by atoms with Crippen molar-refractivity contribution in [3.63, 3.8) is 0 Å². The van der Waals surface area contributed by atoms with E-state index < -0.39 is 0 Å². The molecule has 0 aliphatic heterocycles. The summed E-state index contributed by atoms with van der Waals surface area (Å²) in [6.07, 6.45) is 7.88. The van der Waals surface area contributed by atoms with Crippen LogP contribution in [-0.2, 0) is 11.3 Å². The topological polar surface area (TPSA) is 136 Å². The van der Waals surface area contributed by atoms with Crippen molar-refractivity contribution in [1.29, 1.82) is 0 Å². The van der Waals surface area contributed by atoms with Gasteiger partial charge in [-0.05, 0) is 50.0 Å². The van der Waals surface area contributed by atoms with Crippen LogP contribution in [0.15, 0.2) is 84.2 Å². The molecule has 12 nitrogen and oxygen atoms in total. The first-order chi connectivity index (χ1) is 21.7. The van der Waals surface area contributed by atoms with E-state index in [1.54, 1.807) is 48.8 Å². The summed E-state index contributed by atoms with van der Waals surface area (Å²) in [6, 6.07) is 14.0. The molecule has 0 spiro atoms. The van der Waals surface area contributed by atoms with Crippen molar-refractivity contribution < 1.29 is 14.3 Å². The summed E-state index contributed by atoms with van der Waals surface area (Å²) in [5, 5.41) is 6.77. The first kappa shape index (κ1) is 31.1. The minimum absolute atomic E-state index is 0.131. The molecule has 230 valence electrons. The second kappa shape index (κ2) is 14.0. The predicted octanol–water partition coefficient (Wildman–Crippen LogP) is 4.77. The molecule has 45 heavy (non-hydrogen) atoms. The Morgan fingerprint density at radius 1 is 1.07 bits per heavy atom. The smallest absolute Gasteiger partial charge is 0.260 e. The maximum absolute atomic E-state index is 14.3. The molecule has 0 saturated carbocycles. The second-order valence-corrected chi connectivity index (χ2v) is 10.6. The Labute approximate surface area is 264 Å². The van der Waals surface area contributed by atoms with E-state index >= 15 is 0 Å². The van der Waals surface area contributed by atoms with Gasteiger partial charge in [-0.3, -0.25) is 14.2 Å². The molecule has 0 aliphatic carbocycles. The Hall–Kier alpha value is -5.33. The number of rotatable bonds is 11. The van der Waals surface area contributed by atoms with Gasteiger partial charge in [-0.25, -0.2) is 15.0 Å². The van der Waals surface area contributed by atoms with Crippen molar-refractivity contribution in [2.75, 3.05) is 45.5 Å². The van der Waals surface area contributed by atoms with Gasteiger partial charge in [0.25, 0.3) is 5.56 Å².